The number of sulfonamides is 1. The monoisotopic (exact) mass is 290 g/mol. The van der Waals surface area contributed by atoms with Crippen molar-refractivity contribution in [1.29, 1.82) is 0 Å². The van der Waals surface area contributed by atoms with Crippen molar-refractivity contribution in [3.63, 3.8) is 0 Å². The molecule has 1 heterocycles. The minimum atomic E-state index is -3.52. The number of rotatable bonds is 8. The van der Waals surface area contributed by atoms with E-state index in [1.165, 1.54) is 17.1 Å². The molecule has 110 valence electrons. The molecule has 0 aliphatic heterocycles. The van der Waals surface area contributed by atoms with Crippen molar-refractivity contribution >= 4 is 10.0 Å². The van der Waals surface area contributed by atoms with Gasteiger partial charge in [0.05, 0.1) is 6.20 Å². The van der Waals surface area contributed by atoms with Crippen LogP contribution in [0.1, 0.15) is 13.3 Å². The van der Waals surface area contributed by atoms with E-state index in [-0.39, 0.29) is 17.5 Å². The first-order valence-corrected chi connectivity index (χ1v) is 7.64. The van der Waals surface area contributed by atoms with Crippen LogP contribution in [0.3, 0.4) is 0 Å². The topological polar surface area (TPSA) is 87.5 Å². The molecule has 1 aromatic heterocycles. The number of aromatic nitrogens is 2. The van der Waals surface area contributed by atoms with Crippen molar-refractivity contribution in [3.05, 3.63) is 12.4 Å². The number of aryl methyl sites for hydroxylation is 1. The Morgan fingerprint density at radius 2 is 2.21 bits per heavy atom. The van der Waals surface area contributed by atoms with E-state index >= 15 is 0 Å². The first kappa shape index (κ1) is 16.1. The Kier molecular flexibility index (Phi) is 5.92. The average Bonchev–Trinajstić information content (AvgIpc) is 2.82. The van der Waals surface area contributed by atoms with Crippen LogP contribution in [0.15, 0.2) is 17.3 Å². The van der Waals surface area contributed by atoms with E-state index in [0.29, 0.717) is 19.5 Å². The summed E-state index contributed by atoms with van der Waals surface area (Å²) in [5.74, 6) is 0. The molecule has 0 aliphatic rings. The fourth-order valence-corrected chi connectivity index (χ4v) is 2.41. The molecule has 0 fully saturated rings. The molecular formula is C11H22N4O3S. The highest BCUT2D eigenvalue weighted by Crippen LogP contribution is 2.07. The standard InChI is InChI=1S/C11H22N4O3S/c1-10(14(2)3)7-13-19(17,18)11-8-12-15(9-11)5-4-6-16/h8-10,13,16H,4-7H2,1-3H3. The van der Waals surface area contributed by atoms with E-state index in [1.807, 2.05) is 25.9 Å². The van der Waals surface area contributed by atoms with Crippen LogP contribution in [-0.4, -0.2) is 61.5 Å². The molecule has 1 unspecified atom stereocenters. The van der Waals surface area contributed by atoms with Gasteiger partial charge in [0.1, 0.15) is 4.90 Å². The number of nitrogens with one attached hydrogen (secondary N) is 1. The highest BCUT2D eigenvalue weighted by Gasteiger charge is 2.17. The Morgan fingerprint density at radius 1 is 1.53 bits per heavy atom. The van der Waals surface area contributed by atoms with Crippen LogP contribution in [0.4, 0.5) is 0 Å². The maximum absolute atomic E-state index is 12.0. The summed E-state index contributed by atoms with van der Waals surface area (Å²) in [7, 11) is 0.274. The van der Waals surface area contributed by atoms with Crippen LogP contribution >= 0.6 is 0 Å². The summed E-state index contributed by atoms with van der Waals surface area (Å²) in [4.78, 5) is 2.09. The first-order valence-electron chi connectivity index (χ1n) is 6.16. The average molecular weight is 290 g/mol. The second-order valence-corrected chi connectivity index (χ2v) is 6.45. The van der Waals surface area contributed by atoms with Gasteiger partial charge in [-0.25, -0.2) is 13.1 Å². The maximum Gasteiger partial charge on any atom is 0.243 e. The highest BCUT2D eigenvalue weighted by molar-refractivity contribution is 7.89. The largest absolute Gasteiger partial charge is 0.396 e. The van der Waals surface area contributed by atoms with Gasteiger partial charge in [-0.1, -0.05) is 0 Å². The van der Waals surface area contributed by atoms with Gasteiger partial charge in [-0.05, 0) is 27.4 Å². The Balaban J connectivity index is 2.64. The lowest BCUT2D eigenvalue weighted by Crippen LogP contribution is -2.38. The van der Waals surface area contributed by atoms with E-state index < -0.39 is 10.0 Å². The summed E-state index contributed by atoms with van der Waals surface area (Å²) in [6.07, 6.45) is 3.34. The quantitative estimate of drug-likeness (QED) is 0.673. The zero-order chi connectivity index (χ0) is 14.5. The molecule has 0 bridgehead atoms. The lowest BCUT2D eigenvalue weighted by atomic mass is 10.3. The Labute approximate surface area is 114 Å². The molecule has 0 amide bonds. The van der Waals surface area contributed by atoms with E-state index in [4.69, 9.17) is 5.11 Å². The molecule has 0 spiro atoms. The summed E-state index contributed by atoms with van der Waals surface area (Å²) >= 11 is 0. The SMILES string of the molecule is CC(CNS(=O)(=O)c1cnn(CCCO)c1)N(C)C. The van der Waals surface area contributed by atoms with Crippen LogP contribution in [0.25, 0.3) is 0 Å². The summed E-state index contributed by atoms with van der Waals surface area (Å²) in [6.45, 7) is 2.84. The zero-order valence-electron chi connectivity index (χ0n) is 11.6. The number of nitrogens with zero attached hydrogens (tertiary/aromatic N) is 3. The van der Waals surface area contributed by atoms with Crippen molar-refractivity contribution in [1.82, 2.24) is 19.4 Å². The molecule has 1 atom stereocenters. The zero-order valence-corrected chi connectivity index (χ0v) is 12.4. The third-order valence-electron chi connectivity index (χ3n) is 2.92. The second-order valence-electron chi connectivity index (χ2n) is 4.68. The predicted molar refractivity (Wildman–Crippen MR) is 72.3 cm³/mol. The third kappa shape index (κ3) is 4.90. The Hall–Kier alpha value is -0.960. The molecule has 0 aliphatic carbocycles. The van der Waals surface area contributed by atoms with Gasteiger partial charge in [-0.15, -0.1) is 0 Å². The molecule has 8 heteroatoms. The molecule has 2 N–H and O–H groups in total. The van der Waals surface area contributed by atoms with Crippen LogP contribution < -0.4 is 4.72 Å². The summed E-state index contributed by atoms with van der Waals surface area (Å²) in [5, 5.41) is 12.7. The lowest BCUT2D eigenvalue weighted by molar-refractivity contribution is 0.277. The van der Waals surface area contributed by atoms with Gasteiger partial charge in [0, 0.05) is 31.9 Å². The smallest absolute Gasteiger partial charge is 0.243 e. The predicted octanol–water partition coefficient (Wildman–Crippen LogP) is -0.506. The fourth-order valence-electron chi connectivity index (χ4n) is 1.33. The molecule has 7 nitrogen and oxygen atoms in total. The fraction of sp³-hybridized carbons (Fsp3) is 0.727. The van der Waals surface area contributed by atoms with Gasteiger partial charge in [0.15, 0.2) is 0 Å². The summed E-state index contributed by atoms with van der Waals surface area (Å²) in [5.41, 5.74) is 0. The number of hydrogen-bond acceptors (Lipinski definition) is 5. The first-order chi connectivity index (χ1) is 8.86. The second kappa shape index (κ2) is 6.99. The molecule has 19 heavy (non-hydrogen) atoms. The van der Waals surface area contributed by atoms with Gasteiger partial charge in [0.25, 0.3) is 0 Å². The number of aliphatic hydroxyl groups is 1. The molecule has 1 rings (SSSR count). The van der Waals surface area contributed by atoms with Crippen molar-refractivity contribution in [2.24, 2.45) is 0 Å². The molecule has 0 aromatic carbocycles. The van der Waals surface area contributed by atoms with Crippen LogP contribution in [0, 0.1) is 0 Å². The molecular weight excluding hydrogens is 268 g/mol. The van der Waals surface area contributed by atoms with E-state index in [0.717, 1.165) is 0 Å². The molecule has 0 radical (unpaired) electrons. The van der Waals surface area contributed by atoms with E-state index in [9.17, 15) is 8.42 Å². The van der Waals surface area contributed by atoms with Crippen molar-refractivity contribution < 1.29 is 13.5 Å². The van der Waals surface area contributed by atoms with E-state index in [2.05, 4.69) is 9.82 Å². The van der Waals surface area contributed by atoms with Crippen molar-refractivity contribution in [2.75, 3.05) is 27.2 Å². The highest BCUT2D eigenvalue weighted by atomic mass is 32.2. The van der Waals surface area contributed by atoms with Gasteiger partial charge in [-0.3, -0.25) is 4.68 Å². The number of likely N-dealkylation sites (N-methyl/N-ethyl adjacent to an activating group) is 1. The van der Waals surface area contributed by atoms with Crippen molar-refractivity contribution in [3.8, 4) is 0 Å². The van der Waals surface area contributed by atoms with Crippen LogP contribution in [0.2, 0.25) is 0 Å². The number of aliphatic hydroxyl groups excluding tert-OH is 1. The normalized spacial score (nSPS) is 13.9. The lowest BCUT2D eigenvalue weighted by Gasteiger charge is -2.19. The summed E-state index contributed by atoms with van der Waals surface area (Å²) in [6, 6.07) is 0.110. The molecule has 0 saturated heterocycles. The minimum absolute atomic E-state index is 0.0561. The van der Waals surface area contributed by atoms with Gasteiger partial charge in [0.2, 0.25) is 10.0 Å². The number of hydrogen-bond donors (Lipinski definition) is 2. The van der Waals surface area contributed by atoms with Crippen molar-refractivity contribution in [2.45, 2.75) is 30.8 Å². The van der Waals surface area contributed by atoms with Gasteiger partial charge in [-0.2, -0.15) is 5.10 Å². The molecule has 0 saturated carbocycles. The third-order valence-corrected chi connectivity index (χ3v) is 4.29. The van der Waals surface area contributed by atoms with E-state index in [1.54, 1.807) is 0 Å². The maximum atomic E-state index is 12.0. The Morgan fingerprint density at radius 3 is 2.79 bits per heavy atom. The molecule has 1 aromatic rings. The van der Waals surface area contributed by atoms with Crippen LogP contribution in [-0.2, 0) is 16.6 Å². The minimum Gasteiger partial charge on any atom is -0.396 e. The van der Waals surface area contributed by atoms with Gasteiger partial charge >= 0.3 is 0 Å². The van der Waals surface area contributed by atoms with Gasteiger partial charge < -0.3 is 10.0 Å². The summed E-state index contributed by atoms with van der Waals surface area (Å²) < 4.78 is 28.1. The van der Waals surface area contributed by atoms with Crippen LogP contribution in [0.5, 0.6) is 0 Å². The Bertz CT molecular complexity index is 484.